The molecule has 1 atom stereocenters. The van der Waals surface area contributed by atoms with Gasteiger partial charge in [-0.25, -0.2) is 8.42 Å². The van der Waals surface area contributed by atoms with Crippen molar-refractivity contribution in [1.29, 1.82) is 0 Å². The van der Waals surface area contributed by atoms with Crippen molar-refractivity contribution in [2.24, 2.45) is 0 Å². The topological polar surface area (TPSA) is 63.2 Å². The largest absolute Gasteiger partial charge is 0.345 e. The summed E-state index contributed by atoms with van der Waals surface area (Å²) in [5.74, 6) is -0.310. The van der Waals surface area contributed by atoms with Crippen LogP contribution in [-0.2, 0) is 15.6 Å². The van der Waals surface area contributed by atoms with Crippen molar-refractivity contribution in [3.63, 3.8) is 0 Å². The van der Waals surface area contributed by atoms with Crippen LogP contribution in [0.15, 0.2) is 48.5 Å². The number of hydrogen-bond acceptors (Lipinski definition) is 3. The summed E-state index contributed by atoms with van der Waals surface area (Å²) < 4.78 is 22.8. The minimum absolute atomic E-state index is 0.0808. The van der Waals surface area contributed by atoms with Gasteiger partial charge in [0.15, 0.2) is 9.84 Å². The molecule has 2 rings (SSSR count). The Kier molecular flexibility index (Phi) is 6.02. The maximum atomic E-state index is 12.5. The minimum atomic E-state index is -3.14. The van der Waals surface area contributed by atoms with E-state index >= 15 is 0 Å². The monoisotopic (exact) mass is 365 g/mol. The lowest BCUT2D eigenvalue weighted by molar-refractivity contribution is 0.0935. The minimum Gasteiger partial charge on any atom is -0.345 e. The molecule has 2 aromatic rings. The van der Waals surface area contributed by atoms with Gasteiger partial charge in [0.25, 0.3) is 5.91 Å². The van der Waals surface area contributed by atoms with Crippen molar-refractivity contribution in [3.05, 3.63) is 70.2 Å². The number of nitrogens with one attached hydrogen (secondary N) is 1. The summed E-state index contributed by atoms with van der Waals surface area (Å²) in [5, 5.41) is 3.62. The Morgan fingerprint density at radius 2 is 1.83 bits per heavy atom. The molecule has 0 saturated carbocycles. The van der Waals surface area contributed by atoms with Crippen molar-refractivity contribution >= 4 is 27.3 Å². The first-order valence-corrected chi connectivity index (χ1v) is 10.1. The quantitative estimate of drug-likeness (QED) is 0.847. The van der Waals surface area contributed by atoms with Gasteiger partial charge < -0.3 is 5.32 Å². The Balaban J connectivity index is 2.16. The number of rotatable bonds is 6. The summed E-state index contributed by atoms with van der Waals surface area (Å²) >= 11 is 5.89. The van der Waals surface area contributed by atoms with Crippen LogP contribution in [0.1, 0.15) is 40.9 Å². The Morgan fingerprint density at radius 3 is 2.42 bits per heavy atom. The zero-order valence-corrected chi connectivity index (χ0v) is 15.2. The van der Waals surface area contributed by atoms with Gasteiger partial charge in [-0.15, -0.1) is 0 Å². The molecule has 0 saturated heterocycles. The number of carbonyl (C=O) groups excluding carboxylic acids is 1. The summed E-state index contributed by atoms with van der Waals surface area (Å²) in [6.45, 7) is 1.99. The first-order valence-electron chi connectivity index (χ1n) is 7.61. The second-order valence-electron chi connectivity index (χ2n) is 5.76. The van der Waals surface area contributed by atoms with Gasteiger partial charge in [0.1, 0.15) is 0 Å². The standard InChI is InChI=1S/C18H20ClNO3S/c1-3-17(14-7-9-16(19)10-8-14)20-18(21)15-6-4-5-13(11-15)12-24(2,22)23/h4-11,17H,3,12H2,1-2H3,(H,20,21)/t17-/m1/s1. The van der Waals surface area contributed by atoms with Crippen LogP contribution in [0.25, 0.3) is 0 Å². The average molecular weight is 366 g/mol. The fraction of sp³-hybridized carbons (Fsp3) is 0.278. The van der Waals surface area contributed by atoms with Crippen molar-refractivity contribution in [1.82, 2.24) is 5.32 Å². The Labute approximate surface area is 147 Å². The van der Waals surface area contributed by atoms with Crippen LogP contribution in [0, 0.1) is 0 Å². The van der Waals surface area contributed by atoms with E-state index in [4.69, 9.17) is 11.6 Å². The normalized spacial score (nSPS) is 12.6. The third kappa shape index (κ3) is 5.35. The van der Waals surface area contributed by atoms with Crippen molar-refractivity contribution in [3.8, 4) is 0 Å². The molecule has 0 heterocycles. The molecule has 1 amide bonds. The molecule has 0 unspecified atom stereocenters. The lowest BCUT2D eigenvalue weighted by Crippen LogP contribution is -2.28. The molecule has 4 nitrogen and oxygen atoms in total. The van der Waals surface area contributed by atoms with Gasteiger partial charge >= 0.3 is 0 Å². The number of carbonyl (C=O) groups is 1. The zero-order chi connectivity index (χ0) is 17.7. The second kappa shape index (κ2) is 7.81. The van der Waals surface area contributed by atoms with E-state index in [-0.39, 0.29) is 17.7 Å². The summed E-state index contributed by atoms with van der Waals surface area (Å²) in [6.07, 6.45) is 1.91. The first-order chi connectivity index (χ1) is 11.3. The molecule has 6 heteroatoms. The van der Waals surface area contributed by atoms with E-state index in [0.717, 1.165) is 12.0 Å². The molecule has 24 heavy (non-hydrogen) atoms. The number of benzene rings is 2. The van der Waals surface area contributed by atoms with Crippen molar-refractivity contribution < 1.29 is 13.2 Å². The molecular weight excluding hydrogens is 346 g/mol. The fourth-order valence-corrected chi connectivity index (χ4v) is 3.37. The van der Waals surface area contributed by atoms with E-state index < -0.39 is 9.84 Å². The van der Waals surface area contributed by atoms with Crippen LogP contribution in [0.2, 0.25) is 5.02 Å². The Morgan fingerprint density at radius 1 is 1.17 bits per heavy atom. The predicted octanol–water partition coefficient (Wildman–Crippen LogP) is 3.77. The van der Waals surface area contributed by atoms with Gasteiger partial charge in [-0.3, -0.25) is 4.79 Å². The average Bonchev–Trinajstić information content (AvgIpc) is 2.52. The maximum absolute atomic E-state index is 12.5. The Hall–Kier alpha value is -1.85. The van der Waals surface area contributed by atoms with Crippen LogP contribution in [-0.4, -0.2) is 20.6 Å². The maximum Gasteiger partial charge on any atom is 0.251 e. The summed E-state index contributed by atoms with van der Waals surface area (Å²) in [7, 11) is -3.14. The van der Waals surface area contributed by atoms with E-state index in [1.165, 1.54) is 6.26 Å². The molecule has 1 N–H and O–H groups in total. The van der Waals surface area contributed by atoms with Crippen LogP contribution in [0.4, 0.5) is 0 Å². The third-order valence-corrected chi connectivity index (χ3v) is 4.71. The highest BCUT2D eigenvalue weighted by Gasteiger charge is 2.15. The molecule has 0 aromatic heterocycles. The molecular formula is C18H20ClNO3S. The van der Waals surface area contributed by atoms with Crippen molar-refractivity contribution in [2.75, 3.05) is 6.26 Å². The molecule has 2 aromatic carbocycles. The van der Waals surface area contributed by atoms with Gasteiger partial charge in [-0.05, 0) is 41.8 Å². The van der Waals surface area contributed by atoms with Gasteiger partial charge in [-0.2, -0.15) is 0 Å². The highest BCUT2D eigenvalue weighted by Crippen LogP contribution is 2.20. The molecule has 0 radical (unpaired) electrons. The van der Waals surface area contributed by atoms with E-state index in [1.54, 1.807) is 36.4 Å². The van der Waals surface area contributed by atoms with Crippen LogP contribution < -0.4 is 5.32 Å². The zero-order valence-electron chi connectivity index (χ0n) is 13.6. The van der Waals surface area contributed by atoms with Gasteiger partial charge in [-0.1, -0.05) is 42.8 Å². The smallest absolute Gasteiger partial charge is 0.251 e. The highest BCUT2D eigenvalue weighted by atomic mass is 35.5. The number of sulfone groups is 1. The number of halogens is 1. The van der Waals surface area contributed by atoms with Gasteiger partial charge in [0.2, 0.25) is 0 Å². The van der Waals surface area contributed by atoms with E-state index in [1.807, 2.05) is 19.1 Å². The van der Waals surface area contributed by atoms with Crippen molar-refractivity contribution in [2.45, 2.75) is 25.1 Å². The lowest BCUT2D eigenvalue weighted by atomic mass is 10.0. The highest BCUT2D eigenvalue weighted by molar-refractivity contribution is 7.89. The molecule has 0 aliphatic rings. The molecule has 0 aliphatic heterocycles. The molecule has 0 bridgehead atoms. The van der Waals surface area contributed by atoms with Gasteiger partial charge in [0, 0.05) is 16.8 Å². The molecule has 0 aliphatic carbocycles. The lowest BCUT2D eigenvalue weighted by Gasteiger charge is -2.18. The fourth-order valence-electron chi connectivity index (χ4n) is 2.46. The van der Waals surface area contributed by atoms with E-state index in [0.29, 0.717) is 16.1 Å². The summed E-state index contributed by atoms with van der Waals surface area (Å²) in [6, 6.07) is 13.9. The van der Waals surface area contributed by atoms with Crippen LogP contribution in [0.5, 0.6) is 0 Å². The third-order valence-electron chi connectivity index (χ3n) is 3.60. The number of amides is 1. The molecule has 128 valence electrons. The molecule has 0 spiro atoms. The summed E-state index contributed by atoms with van der Waals surface area (Å²) in [5.41, 5.74) is 2.02. The molecule has 0 fully saturated rings. The van der Waals surface area contributed by atoms with Crippen LogP contribution >= 0.6 is 11.6 Å². The summed E-state index contributed by atoms with van der Waals surface area (Å²) in [4.78, 5) is 12.5. The number of hydrogen-bond donors (Lipinski definition) is 1. The van der Waals surface area contributed by atoms with Crippen LogP contribution in [0.3, 0.4) is 0 Å². The predicted molar refractivity (Wildman–Crippen MR) is 96.9 cm³/mol. The van der Waals surface area contributed by atoms with E-state index in [9.17, 15) is 13.2 Å². The first kappa shape index (κ1) is 18.5. The SMILES string of the molecule is CC[C@@H](NC(=O)c1cccc(CS(C)(=O)=O)c1)c1ccc(Cl)cc1. The van der Waals surface area contributed by atoms with Gasteiger partial charge in [0.05, 0.1) is 11.8 Å². The second-order valence-corrected chi connectivity index (χ2v) is 8.33. The Bertz CT molecular complexity index is 816. The van der Waals surface area contributed by atoms with E-state index in [2.05, 4.69) is 5.32 Å².